The fraction of sp³-hybridized carbons (Fsp3) is 0.316. The first-order valence-electron chi connectivity index (χ1n) is 7.25. The Morgan fingerprint density at radius 2 is 1.81 bits per heavy atom. The smallest absolute Gasteiger partial charge is 0.142 e. The van der Waals surface area contributed by atoms with Gasteiger partial charge in [-0.25, -0.2) is 0 Å². The van der Waals surface area contributed by atoms with Gasteiger partial charge in [-0.3, -0.25) is 4.79 Å². The fourth-order valence-corrected chi connectivity index (χ4v) is 1.80. The van der Waals surface area contributed by atoms with E-state index in [1.54, 1.807) is 6.08 Å². The number of carbonyl (C=O) groups is 1. The Kier molecular flexibility index (Phi) is 7.88. The van der Waals surface area contributed by atoms with Crippen LogP contribution in [0.3, 0.4) is 0 Å². The summed E-state index contributed by atoms with van der Waals surface area (Å²) in [4.78, 5) is 10.2. The zero-order chi connectivity index (χ0) is 15.5. The predicted octanol–water partition coefficient (Wildman–Crippen LogP) is 4.97. The number of benzene rings is 1. The molecule has 0 aliphatic rings. The number of aldehydes is 1. The average molecular weight is 284 g/mol. The van der Waals surface area contributed by atoms with Gasteiger partial charge in [0.2, 0.25) is 0 Å². The number of hydrogen-bond donors (Lipinski definition) is 0. The standard InChI is InChI=1S/C19H24O2/c1-16(2)6-4-7-17(3)13-15-21-19-11-9-18(10-12-19)8-5-14-20/h5-6,8-14H,4,7,15H2,1-3H3. The maximum atomic E-state index is 10.2. The van der Waals surface area contributed by atoms with Crippen molar-refractivity contribution in [3.8, 4) is 5.75 Å². The summed E-state index contributed by atoms with van der Waals surface area (Å²) in [5.41, 5.74) is 3.70. The summed E-state index contributed by atoms with van der Waals surface area (Å²) >= 11 is 0. The highest BCUT2D eigenvalue weighted by atomic mass is 16.5. The number of carbonyl (C=O) groups excluding carboxylic acids is 1. The molecule has 0 aliphatic carbocycles. The van der Waals surface area contributed by atoms with E-state index in [4.69, 9.17) is 4.74 Å². The Morgan fingerprint density at radius 3 is 2.43 bits per heavy atom. The molecule has 0 heterocycles. The van der Waals surface area contributed by atoms with Crippen LogP contribution in [-0.2, 0) is 4.79 Å². The molecule has 0 bridgehead atoms. The van der Waals surface area contributed by atoms with Crippen molar-refractivity contribution in [3.05, 3.63) is 59.2 Å². The topological polar surface area (TPSA) is 26.3 Å². The Balaban J connectivity index is 2.39. The molecule has 0 N–H and O–H groups in total. The van der Waals surface area contributed by atoms with Gasteiger partial charge < -0.3 is 4.74 Å². The third kappa shape index (κ3) is 7.93. The zero-order valence-electron chi connectivity index (χ0n) is 13.1. The molecule has 0 atom stereocenters. The van der Waals surface area contributed by atoms with Crippen molar-refractivity contribution in [2.45, 2.75) is 33.6 Å². The largest absolute Gasteiger partial charge is 0.490 e. The normalized spacial score (nSPS) is 11.5. The van der Waals surface area contributed by atoms with Crippen molar-refractivity contribution >= 4 is 12.4 Å². The Bertz CT molecular complexity index is 515. The highest BCUT2D eigenvalue weighted by Gasteiger charge is 1.93. The summed E-state index contributed by atoms with van der Waals surface area (Å²) in [7, 11) is 0. The summed E-state index contributed by atoms with van der Waals surface area (Å²) in [6.45, 7) is 6.96. The molecular formula is C19H24O2. The van der Waals surface area contributed by atoms with E-state index in [1.807, 2.05) is 24.3 Å². The maximum Gasteiger partial charge on any atom is 0.142 e. The first-order chi connectivity index (χ1) is 10.1. The molecule has 0 radical (unpaired) electrons. The Hall–Kier alpha value is -2.09. The van der Waals surface area contributed by atoms with Gasteiger partial charge in [0.05, 0.1) is 0 Å². The second kappa shape index (κ2) is 9.76. The van der Waals surface area contributed by atoms with E-state index in [9.17, 15) is 4.79 Å². The fourth-order valence-electron chi connectivity index (χ4n) is 1.80. The molecule has 1 aromatic rings. The van der Waals surface area contributed by atoms with E-state index >= 15 is 0 Å². The van der Waals surface area contributed by atoms with E-state index in [1.165, 1.54) is 17.2 Å². The van der Waals surface area contributed by atoms with Crippen LogP contribution < -0.4 is 4.74 Å². The van der Waals surface area contributed by atoms with Crippen LogP contribution in [-0.4, -0.2) is 12.9 Å². The van der Waals surface area contributed by atoms with Crippen molar-refractivity contribution in [1.82, 2.24) is 0 Å². The van der Waals surface area contributed by atoms with Crippen LogP contribution in [0, 0.1) is 0 Å². The van der Waals surface area contributed by atoms with Crippen LogP contribution in [0.2, 0.25) is 0 Å². The summed E-state index contributed by atoms with van der Waals surface area (Å²) < 4.78 is 5.68. The van der Waals surface area contributed by atoms with Crippen LogP contribution >= 0.6 is 0 Å². The molecule has 0 unspecified atom stereocenters. The molecule has 0 aliphatic heterocycles. The number of ether oxygens (including phenoxy) is 1. The lowest BCUT2D eigenvalue weighted by Gasteiger charge is -2.05. The minimum absolute atomic E-state index is 0.587. The molecule has 21 heavy (non-hydrogen) atoms. The second-order valence-electron chi connectivity index (χ2n) is 5.25. The van der Waals surface area contributed by atoms with Gasteiger partial charge in [-0.1, -0.05) is 35.4 Å². The lowest BCUT2D eigenvalue weighted by molar-refractivity contribution is -0.104. The first-order valence-corrected chi connectivity index (χ1v) is 7.25. The molecule has 0 fully saturated rings. The number of allylic oxidation sites excluding steroid dienone is 4. The quantitative estimate of drug-likeness (QED) is 0.383. The number of hydrogen-bond acceptors (Lipinski definition) is 2. The molecule has 2 heteroatoms. The van der Waals surface area contributed by atoms with Crippen LogP contribution in [0.1, 0.15) is 39.2 Å². The average Bonchev–Trinajstić information content (AvgIpc) is 2.46. The van der Waals surface area contributed by atoms with Gasteiger partial charge in [0, 0.05) is 0 Å². The molecule has 1 aromatic carbocycles. The van der Waals surface area contributed by atoms with E-state index in [2.05, 4.69) is 32.9 Å². The highest BCUT2D eigenvalue weighted by molar-refractivity contribution is 5.73. The molecular weight excluding hydrogens is 260 g/mol. The van der Waals surface area contributed by atoms with Crippen LogP contribution in [0.25, 0.3) is 6.08 Å². The molecule has 0 amide bonds. The lowest BCUT2D eigenvalue weighted by Crippen LogP contribution is -1.94. The van der Waals surface area contributed by atoms with Crippen molar-refractivity contribution in [2.24, 2.45) is 0 Å². The first kappa shape index (κ1) is 17.0. The van der Waals surface area contributed by atoms with E-state index < -0.39 is 0 Å². The maximum absolute atomic E-state index is 10.2. The summed E-state index contributed by atoms with van der Waals surface area (Å²) in [6, 6.07) is 7.69. The molecule has 112 valence electrons. The van der Waals surface area contributed by atoms with Gasteiger partial charge in [0.25, 0.3) is 0 Å². The predicted molar refractivity (Wildman–Crippen MR) is 89.5 cm³/mol. The van der Waals surface area contributed by atoms with Gasteiger partial charge in [0.1, 0.15) is 18.6 Å². The van der Waals surface area contributed by atoms with Gasteiger partial charge >= 0.3 is 0 Å². The minimum Gasteiger partial charge on any atom is -0.490 e. The summed E-state index contributed by atoms with van der Waals surface area (Å²) in [6.07, 6.45) is 10.6. The van der Waals surface area contributed by atoms with Gasteiger partial charge in [-0.15, -0.1) is 0 Å². The summed E-state index contributed by atoms with van der Waals surface area (Å²) in [5, 5.41) is 0. The monoisotopic (exact) mass is 284 g/mol. The van der Waals surface area contributed by atoms with E-state index in [0.29, 0.717) is 6.61 Å². The zero-order valence-corrected chi connectivity index (χ0v) is 13.1. The van der Waals surface area contributed by atoms with Gasteiger partial charge in [0.15, 0.2) is 0 Å². The molecule has 0 aromatic heterocycles. The van der Waals surface area contributed by atoms with Gasteiger partial charge in [-0.2, -0.15) is 0 Å². The van der Waals surface area contributed by atoms with E-state index in [0.717, 1.165) is 30.4 Å². The number of rotatable bonds is 8. The molecule has 0 spiro atoms. The third-order valence-electron chi connectivity index (χ3n) is 3.02. The van der Waals surface area contributed by atoms with Crippen LogP contribution in [0.5, 0.6) is 5.75 Å². The van der Waals surface area contributed by atoms with Crippen molar-refractivity contribution < 1.29 is 9.53 Å². The lowest BCUT2D eigenvalue weighted by atomic mass is 10.1. The third-order valence-corrected chi connectivity index (χ3v) is 3.02. The van der Waals surface area contributed by atoms with Gasteiger partial charge in [-0.05, 0) is 63.5 Å². The van der Waals surface area contributed by atoms with Crippen molar-refractivity contribution in [1.29, 1.82) is 0 Å². The van der Waals surface area contributed by atoms with Crippen LogP contribution in [0.15, 0.2) is 53.6 Å². The Labute approximate surface area is 127 Å². The van der Waals surface area contributed by atoms with Crippen LogP contribution in [0.4, 0.5) is 0 Å². The molecule has 1 rings (SSSR count). The second-order valence-corrected chi connectivity index (χ2v) is 5.25. The van der Waals surface area contributed by atoms with E-state index in [-0.39, 0.29) is 0 Å². The minimum atomic E-state index is 0.587. The molecule has 0 saturated heterocycles. The molecule has 0 saturated carbocycles. The van der Waals surface area contributed by atoms with Crippen molar-refractivity contribution in [2.75, 3.05) is 6.61 Å². The molecule has 2 nitrogen and oxygen atoms in total. The Morgan fingerprint density at radius 1 is 1.10 bits per heavy atom. The SMILES string of the molecule is CC(C)=CCCC(C)=CCOc1ccc(C=CC=O)cc1. The van der Waals surface area contributed by atoms with Crippen molar-refractivity contribution in [3.63, 3.8) is 0 Å². The summed E-state index contributed by atoms with van der Waals surface area (Å²) in [5.74, 6) is 0.839. The highest BCUT2D eigenvalue weighted by Crippen LogP contribution is 2.14.